The molecule has 1 saturated carbocycles. The first-order valence-electron chi connectivity index (χ1n) is 3.76. The normalized spacial score (nSPS) is 36.7. The Balaban J connectivity index is 2.23. The van der Waals surface area contributed by atoms with Gasteiger partial charge in [0.25, 0.3) is 0 Å². The van der Waals surface area contributed by atoms with E-state index in [-0.39, 0.29) is 0 Å². The van der Waals surface area contributed by atoms with Crippen molar-refractivity contribution in [3.05, 3.63) is 0 Å². The highest BCUT2D eigenvalue weighted by Crippen LogP contribution is 2.15. The van der Waals surface area contributed by atoms with Crippen LogP contribution in [0.4, 0.5) is 0 Å². The third kappa shape index (κ3) is 1.95. The summed E-state index contributed by atoms with van der Waals surface area (Å²) in [6, 6.07) is 1.14. The number of hydrogen-bond donors (Lipinski definition) is 2. The van der Waals surface area contributed by atoms with E-state index in [0.29, 0.717) is 12.1 Å². The molecule has 9 heavy (non-hydrogen) atoms. The van der Waals surface area contributed by atoms with Crippen LogP contribution in [-0.4, -0.2) is 19.1 Å². The van der Waals surface area contributed by atoms with Crippen molar-refractivity contribution in [1.82, 2.24) is 5.32 Å². The van der Waals surface area contributed by atoms with Crippen LogP contribution in [0.5, 0.6) is 0 Å². The molecule has 0 heterocycles. The van der Waals surface area contributed by atoms with E-state index >= 15 is 0 Å². The summed E-state index contributed by atoms with van der Waals surface area (Å²) in [6.45, 7) is 0. The maximum atomic E-state index is 5.76. The van der Waals surface area contributed by atoms with E-state index in [1.54, 1.807) is 0 Å². The first-order valence-corrected chi connectivity index (χ1v) is 3.76. The predicted octanol–water partition coefficient (Wildman–Crippen LogP) is 0.476. The monoisotopic (exact) mass is 128 g/mol. The summed E-state index contributed by atoms with van der Waals surface area (Å²) in [5.74, 6) is 0. The van der Waals surface area contributed by atoms with Gasteiger partial charge < -0.3 is 11.1 Å². The van der Waals surface area contributed by atoms with Gasteiger partial charge in [-0.3, -0.25) is 0 Å². The fraction of sp³-hybridized carbons (Fsp3) is 1.00. The molecule has 0 saturated heterocycles. The Morgan fingerprint density at radius 2 is 2.22 bits per heavy atom. The molecule has 0 radical (unpaired) electrons. The van der Waals surface area contributed by atoms with E-state index in [2.05, 4.69) is 5.32 Å². The van der Waals surface area contributed by atoms with Crippen molar-refractivity contribution >= 4 is 0 Å². The molecule has 1 rings (SSSR count). The molecule has 0 unspecified atom stereocenters. The van der Waals surface area contributed by atoms with Crippen molar-refractivity contribution < 1.29 is 0 Å². The van der Waals surface area contributed by atoms with Gasteiger partial charge in [0.1, 0.15) is 0 Å². The van der Waals surface area contributed by atoms with Crippen LogP contribution in [0.3, 0.4) is 0 Å². The van der Waals surface area contributed by atoms with Crippen LogP contribution in [0.2, 0.25) is 0 Å². The van der Waals surface area contributed by atoms with Gasteiger partial charge in [0, 0.05) is 12.1 Å². The maximum absolute atomic E-state index is 5.76. The molecule has 3 N–H and O–H groups in total. The summed E-state index contributed by atoms with van der Waals surface area (Å²) >= 11 is 0. The molecule has 2 nitrogen and oxygen atoms in total. The average Bonchev–Trinajstić information content (AvgIpc) is 1.88. The Bertz CT molecular complexity index is 83.0. The Morgan fingerprint density at radius 1 is 1.44 bits per heavy atom. The van der Waals surface area contributed by atoms with Gasteiger partial charge in [-0.25, -0.2) is 0 Å². The lowest BCUT2D eigenvalue weighted by molar-refractivity contribution is 0.355. The van der Waals surface area contributed by atoms with Crippen molar-refractivity contribution in [2.24, 2.45) is 5.73 Å². The standard InChI is InChI=1S/C7H16N2/c1-9-7-4-2-3-6(8)5-7/h6-7,9H,2-5,8H2,1H3/t6-,7+/m0/s1. The second-order valence-electron chi connectivity index (χ2n) is 2.91. The smallest absolute Gasteiger partial charge is 0.00788 e. The van der Waals surface area contributed by atoms with Gasteiger partial charge in [-0.15, -0.1) is 0 Å². The van der Waals surface area contributed by atoms with E-state index in [0.717, 1.165) is 6.42 Å². The third-order valence-electron chi connectivity index (χ3n) is 2.12. The third-order valence-corrected chi connectivity index (χ3v) is 2.12. The number of hydrogen-bond acceptors (Lipinski definition) is 2. The fourth-order valence-electron chi connectivity index (χ4n) is 1.49. The van der Waals surface area contributed by atoms with Crippen LogP contribution in [0.25, 0.3) is 0 Å². The van der Waals surface area contributed by atoms with Gasteiger partial charge in [-0.1, -0.05) is 6.42 Å². The quantitative estimate of drug-likeness (QED) is 0.539. The summed E-state index contributed by atoms with van der Waals surface area (Å²) in [5, 5.41) is 3.25. The van der Waals surface area contributed by atoms with E-state index < -0.39 is 0 Å². The highest BCUT2D eigenvalue weighted by Gasteiger charge is 2.16. The SMILES string of the molecule is CN[C@@H]1CCC[C@H](N)C1. The molecule has 0 aliphatic heterocycles. The van der Waals surface area contributed by atoms with Gasteiger partial charge in [0.2, 0.25) is 0 Å². The first kappa shape index (κ1) is 7.03. The van der Waals surface area contributed by atoms with Crippen molar-refractivity contribution in [3.63, 3.8) is 0 Å². The van der Waals surface area contributed by atoms with Gasteiger partial charge in [0.15, 0.2) is 0 Å². The van der Waals surface area contributed by atoms with Gasteiger partial charge in [-0.05, 0) is 26.3 Å². The van der Waals surface area contributed by atoms with Crippen molar-refractivity contribution in [1.29, 1.82) is 0 Å². The Kier molecular flexibility index (Phi) is 2.49. The first-order chi connectivity index (χ1) is 4.33. The Morgan fingerprint density at radius 3 is 2.67 bits per heavy atom. The molecule has 1 aliphatic rings. The molecule has 0 aromatic heterocycles. The lowest BCUT2D eigenvalue weighted by Crippen LogP contribution is -2.37. The summed E-state index contributed by atoms with van der Waals surface area (Å²) < 4.78 is 0. The van der Waals surface area contributed by atoms with Crippen molar-refractivity contribution in [3.8, 4) is 0 Å². The zero-order valence-corrected chi connectivity index (χ0v) is 6.06. The molecular formula is C7H16N2. The second-order valence-corrected chi connectivity index (χ2v) is 2.91. The summed E-state index contributed by atoms with van der Waals surface area (Å²) in [7, 11) is 2.02. The van der Waals surface area contributed by atoms with Crippen molar-refractivity contribution in [2.45, 2.75) is 37.8 Å². The molecular weight excluding hydrogens is 112 g/mol. The minimum atomic E-state index is 0.455. The van der Waals surface area contributed by atoms with Crippen LogP contribution in [-0.2, 0) is 0 Å². The molecule has 0 spiro atoms. The predicted molar refractivity (Wildman–Crippen MR) is 39.3 cm³/mol. The molecule has 2 heteroatoms. The Hall–Kier alpha value is -0.0800. The van der Waals surface area contributed by atoms with E-state index in [4.69, 9.17) is 5.73 Å². The largest absolute Gasteiger partial charge is 0.328 e. The lowest BCUT2D eigenvalue weighted by atomic mass is 9.92. The number of nitrogens with one attached hydrogen (secondary N) is 1. The second kappa shape index (κ2) is 3.18. The number of rotatable bonds is 1. The topological polar surface area (TPSA) is 38.0 Å². The molecule has 0 amide bonds. The molecule has 1 aliphatic carbocycles. The summed E-state index contributed by atoms with van der Waals surface area (Å²) in [4.78, 5) is 0. The van der Waals surface area contributed by atoms with E-state index in [1.165, 1.54) is 19.3 Å². The summed E-state index contributed by atoms with van der Waals surface area (Å²) in [5.41, 5.74) is 5.76. The minimum Gasteiger partial charge on any atom is -0.328 e. The number of nitrogens with two attached hydrogens (primary N) is 1. The fourth-order valence-corrected chi connectivity index (χ4v) is 1.49. The molecule has 0 bridgehead atoms. The van der Waals surface area contributed by atoms with Gasteiger partial charge in [0.05, 0.1) is 0 Å². The van der Waals surface area contributed by atoms with Crippen LogP contribution in [0, 0.1) is 0 Å². The highest BCUT2D eigenvalue weighted by atomic mass is 14.9. The van der Waals surface area contributed by atoms with Crippen LogP contribution < -0.4 is 11.1 Å². The van der Waals surface area contributed by atoms with Crippen LogP contribution >= 0.6 is 0 Å². The zero-order valence-electron chi connectivity index (χ0n) is 6.06. The highest BCUT2D eigenvalue weighted by molar-refractivity contribution is 4.78. The summed E-state index contributed by atoms with van der Waals surface area (Å²) in [6.07, 6.45) is 4.99. The zero-order chi connectivity index (χ0) is 6.69. The molecule has 0 aromatic carbocycles. The van der Waals surface area contributed by atoms with Gasteiger partial charge >= 0.3 is 0 Å². The molecule has 1 fully saturated rings. The van der Waals surface area contributed by atoms with Gasteiger partial charge in [-0.2, -0.15) is 0 Å². The molecule has 0 aromatic rings. The maximum Gasteiger partial charge on any atom is 0.00788 e. The van der Waals surface area contributed by atoms with E-state index in [9.17, 15) is 0 Å². The Labute approximate surface area is 56.8 Å². The van der Waals surface area contributed by atoms with E-state index in [1.807, 2.05) is 7.05 Å². The van der Waals surface area contributed by atoms with Crippen molar-refractivity contribution in [2.75, 3.05) is 7.05 Å². The van der Waals surface area contributed by atoms with Crippen LogP contribution in [0.15, 0.2) is 0 Å². The average molecular weight is 128 g/mol. The molecule has 54 valence electrons. The van der Waals surface area contributed by atoms with Crippen LogP contribution in [0.1, 0.15) is 25.7 Å². The lowest BCUT2D eigenvalue weighted by Gasteiger charge is -2.25. The molecule has 2 atom stereocenters. The minimum absolute atomic E-state index is 0.455.